The number of ether oxygens (including phenoxy) is 2. The van der Waals surface area contributed by atoms with Crippen molar-refractivity contribution in [3.05, 3.63) is 163 Å². The summed E-state index contributed by atoms with van der Waals surface area (Å²) in [7, 11) is 0. The van der Waals surface area contributed by atoms with Crippen LogP contribution in [-0.4, -0.2) is 9.85 Å². The van der Waals surface area contributed by atoms with Gasteiger partial charge < -0.3 is 9.47 Å². The molecule has 6 aromatic rings. The topological polar surface area (TPSA) is 105 Å². The molecule has 0 amide bonds. The zero-order chi connectivity index (χ0) is 42.6. The van der Waals surface area contributed by atoms with E-state index in [1.54, 1.807) is 24.3 Å². The lowest BCUT2D eigenvalue weighted by Gasteiger charge is -2.22. The van der Waals surface area contributed by atoms with Gasteiger partial charge in [0.15, 0.2) is 0 Å². The molecule has 0 radical (unpaired) electrons. The van der Waals surface area contributed by atoms with Gasteiger partial charge in [-0.05, 0) is 110 Å². The second kappa shape index (κ2) is 15.2. The maximum atomic E-state index is 14.1. The van der Waals surface area contributed by atoms with Crippen molar-refractivity contribution in [3.8, 4) is 56.4 Å². The van der Waals surface area contributed by atoms with Crippen molar-refractivity contribution < 1.29 is 45.7 Å². The summed E-state index contributed by atoms with van der Waals surface area (Å²) in [6.45, 7) is 7.44. The minimum atomic E-state index is -4.94. The van der Waals surface area contributed by atoms with E-state index in [1.165, 1.54) is 0 Å². The highest BCUT2D eigenvalue weighted by Crippen LogP contribution is 2.49. The molecule has 0 saturated heterocycles. The van der Waals surface area contributed by atoms with E-state index < -0.39 is 56.2 Å². The summed E-state index contributed by atoms with van der Waals surface area (Å²) in [5.74, 6) is -1.41. The Bertz CT molecular complexity index is 2650. The van der Waals surface area contributed by atoms with Crippen LogP contribution >= 0.6 is 0 Å². The molecule has 0 heterocycles. The zero-order valence-electron chi connectivity index (χ0n) is 31.9. The molecule has 7 rings (SSSR count). The Morgan fingerprint density at radius 2 is 1.00 bits per heavy atom. The van der Waals surface area contributed by atoms with Gasteiger partial charge in [-0.25, -0.2) is 0 Å². The SMILES string of the molecule is CC(C)c1cc(-c2ccc3c(c2-c2ccc(Oc4ccc([N+](=O)[O-])cc4C(F)(F)F)c(C(C)C)c2)Cc2ccccc2-3)ccc1Oc1ccc([N+](=O)[O-])cc1C(F)(F)F. The number of nitro benzene ring substituents is 2. The van der Waals surface area contributed by atoms with Crippen molar-refractivity contribution in [3.63, 3.8) is 0 Å². The van der Waals surface area contributed by atoms with Crippen LogP contribution in [0.25, 0.3) is 33.4 Å². The highest BCUT2D eigenvalue weighted by Gasteiger charge is 2.38. The molecular formula is C45H34F6N2O6. The predicted molar refractivity (Wildman–Crippen MR) is 210 cm³/mol. The van der Waals surface area contributed by atoms with Gasteiger partial charge in [0.2, 0.25) is 0 Å². The van der Waals surface area contributed by atoms with E-state index in [2.05, 4.69) is 0 Å². The van der Waals surface area contributed by atoms with Crippen molar-refractivity contribution in [2.24, 2.45) is 0 Å². The summed E-state index contributed by atoms with van der Waals surface area (Å²) in [4.78, 5) is 20.8. The van der Waals surface area contributed by atoms with Gasteiger partial charge >= 0.3 is 12.4 Å². The zero-order valence-corrected chi connectivity index (χ0v) is 31.9. The highest BCUT2D eigenvalue weighted by atomic mass is 19.4. The molecule has 302 valence electrons. The van der Waals surface area contributed by atoms with Gasteiger partial charge in [0, 0.05) is 24.3 Å². The number of benzene rings is 6. The Labute approximate surface area is 334 Å². The second-order valence-electron chi connectivity index (χ2n) is 14.7. The van der Waals surface area contributed by atoms with E-state index in [-0.39, 0.29) is 23.3 Å². The minimum Gasteiger partial charge on any atom is -0.456 e. The lowest BCUT2D eigenvalue weighted by molar-refractivity contribution is -0.385. The molecule has 0 saturated carbocycles. The van der Waals surface area contributed by atoms with E-state index in [1.807, 2.05) is 76.2 Å². The van der Waals surface area contributed by atoms with Gasteiger partial charge in [0.05, 0.1) is 9.85 Å². The van der Waals surface area contributed by atoms with Crippen molar-refractivity contribution >= 4 is 11.4 Å². The molecule has 0 fully saturated rings. The second-order valence-corrected chi connectivity index (χ2v) is 14.7. The molecule has 14 heteroatoms. The lowest BCUT2D eigenvalue weighted by atomic mass is 9.85. The maximum absolute atomic E-state index is 14.1. The number of hydrogen-bond acceptors (Lipinski definition) is 6. The molecule has 8 nitrogen and oxygen atoms in total. The number of non-ortho nitro benzene ring substituents is 2. The first kappa shape index (κ1) is 40.5. The van der Waals surface area contributed by atoms with Crippen LogP contribution in [0.2, 0.25) is 0 Å². The van der Waals surface area contributed by atoms with Crippen molar-refractivity contribution in [1.82, 2.24) is 0 Å². The smallest absolute Gasteiger partial charge is 0.420 e. The summed E-state index contributed by atoms with van der Waals surface area (Å²) in [6, 6.07) is 26.9. The first-order chi connectivity index (χ1) is 27.8. The normalized spacial score (nSPS) is 12.4. The Hall–Kier alpha value is -6.70. The third kappa shape index (κ3) is 7.94. The Morgan fingerprint density at radius 1 is 0.542 bits per heavy atom. The molecule has 0 spiro atoms. The third-order valence-electron chi connectivity index (χ3n) is 10.2. The van der Waals surface area contributed by atoms with Gasteiger partial charge in [-0.2, -0.15) is 26.3 Å². The fourth-order valence-corrected chi connectivity index (χ4v) is 7.41. The van der Waals surface area contributed by atoms with Gasteiger partial charge in [0.25, 0.3) is 11.4 Å². The minimum absolute atomic E-state index is 0.131. The van der Waals surface area contributed by atoms with Crippen LogP contribution < -0.4 is 9.47 Å². The number of fused-ring (bicyclic) bond motifs is 3. The van der Waals surface area contributed by atoms with E-state index in [0.29, 0.717) is 35.2 Å². The van der Waals surface area contributed by atoms with E-state index >= 15 is 0 Å². The highest BCUT2D eigenvalue weighted by molar-refractivity contribution is 5.94. The summed E-state index contributed by atoms with van der Waals surface area (Å²) in [5, 5.41) is 22.6. The van der Waals surface area contributed by atoms with Gasteiger partial charge in [-0.15, -0.1) is 0 Å². The maximum Gasteiger partial charge on any atom is 0.420 e. The Morgan fingerprint density at radius 3 is 1.49 bits per heavy atom. The van der Waals surface area contributed by atoms with Crippen LogP contribution in [0.1, 0.15) is 72.9 Å². The molecule has 0 N–H and O–H groups in total. The monoisotopic (exact) mass is 812 g/mol. The lowest BCUT2D eigenvalue weighted by Crippen LogP contribution is -2.08. The molecule has 0 aromatic heterocycles. The van der Waals surface area contributed by atoms with Crippen molar-refractivity contribution in [2.75, 3.05) is 0 Å². The fraction of sp³-hybridized carbons (Fsp3) is 0.200. The molecule has 59 heavy (non-hydrogen) atoms. The summed E-state index contributed by atoms with van der Waals surface area (Å²) < 4.78 is 96.4. The average molecular weight is 813 g/mol. The molecule has 1 aliphatic rings. The first-order valence-corrected chi connectivity index (χ1v) is 18.4. The Kier molecular flexibility index (Phi) is 10.5. The molecule has 0 atom stereocenters. The number of nitro groups is 2. The molecule has 6 aromatic carbocycles. The average Bonchev–Trinajstić information content (AvgIpc) is 3.56. The fourth-order valence-electron chi connectivity index (χ4n) is 7.41. The summed E-state index contributed by atoms with van der Waals surface area (Å²) >= 11 is 0. The van der Waals surface area contributed by atoms with Crippen LogP contribution in [0.5, 0.6) is 23.0 Å². The standard InChI is InChI=1S/C45H34F6N2O6/c1-24(2)34-19-27(9-15-39(34)58-41-17-11-29(52(54)55)22-37(41)44(46,47)48)32-13-14-33-31-8-6-5-7-26(31)20-36(33)43(32)28-10-16-40(35(21-28)25(3)4)59-42-18-12-30(53(56)57)23-38(42)45(49,50)51/h5-19,21-25H,20H2,1-4H3. The number of hydrogen-bond donors (Lipinski definition) is 0. The number of alkyl halides is 6. The van der Waals surface area contributed by atoms with Gasteiger partial charge in [-0.3, -0.25) is 20.2 Å². The largest absolute Gasteiger partial charge is 0.456 e. The van der Waals surface area contributed by atoms with Gasteiger partial charge in [-0.1, -0.05) is 76.2 Å². The predicted octanol–water partition coefficient (Wildman–Crippen LogP) is 14.3. The number of rotatable bonds is 10. The molecular weight excluding hydrogens is 778 g/mol. The molecule has 0 unspecified atom stereocenters. The first-order valence-electron chi connectivity index (χ1n) is 18.4. The Balaban J connectivity index is 1.36. The summed E-state index contributed by atoms with van der Waals surface area (Å²) in [5.41, 5.74) is 4.28. The van der Waals surface area contributed by atoms with Gasteiger partial charge in [0.1, 0.15) is 34.1 Å². The van der Waals surface area contributed by atoms with E-state index in [0.717, 1.165) is 63.2 Å². The molecule has 1 aliphatic carbocycles. The third-order valence-corrected chi connectivity index (χ3v) is 10.2. The van der Waals surface area contributed by atoms with Crippen LogP contribution in [0, 0.1) is 20.2 Å². The molecule has 0 aliphatic heterocycles. The quantitative estimate of drug-likeness (QED) is 0.0774. The van der Waals surface area contributed by atoms with Crippen LogP contribution in [0.15, 0.2) is 109 Å². The number of nitrogens with zero attached hydrogens (tertiary/aromatic N) is 2. The summed E-state index contributed by atoms with van der Waals surface area (Å²) in [6.07, 6.45) is -9.31. The molecule has 0 bridgehead atoms. The van der Waals surface area contributed by atoms with Crippen LogP contribution in [0.3, 0.4) is 0 Å². The van der Waals surface area contributed by atoms with Crippen molar-refractivity contribution in [1.29, 1.82) is 0 Å². The van der Waals surface area contributed by atoms with Crippen LogP contribution in [-0.2, 0) is 18.8 Å². The van der Waals surface area contributed by atoms with Crippen LogP contribution in [0.4, 0.5) is 37.7 Å². The van der Waals surface area contributed by atoms with E-state index in [9.17, 15) is 46.6 Å². The number of halogens is 6. The van der Waals surface area contributed by atoms with Crippen molar-refractivity contribution in [2.45, 2.75) is 58.3 Å². The van der Waals surface area contributed by atoms with E-state index in [4.69, 9.17) is 9.47 Å².